The zero-order valence-corrected chi connectivity index (χ0v) is 6.84. The Labute approximate surface area is 66.8 Å². The van der Waals surface area contributed by atoms with Crippen LogP contribution in [0.5, 0.6) is 0 Å². The Hall–Kier alpha value is -0.610. The van der Waals surface area contributed by atoms with Crippen molar-refractivity contribution in [2.45, 2.75) is 25.8 Å². The van der Waals surface area contributed by atoms with Gasteiger partial charge in [0.2, 0.25) is 5.91 Å². The van der Waals surface area contributed by atoms with Crippen LogP contribution in [0.15, 0.2) is 0 Å². The van der Waals surface area contributed by atoms with Crippen molar-refractivity contribution in [3.05, 3.63) is 0 Å². The molecule has 0 rings (SSSR count). The van der Waals surface area contributed by atoms with Crippen LogP contribution in [0.1, 0.15) is 19.8 Å². The second kappa shape index (κ2) is 6.12. The Morgan fingerprint density at radius 3 is 2.73 bits per heavy atom. The van der Waals surface area contributed by atoms with E-state index in [2.05, 4.69) is 5.32 Å². The lowest BCUT2D eigenvalue weighted by molar-refractivity contribution is -0.117. The number of carbonyl (C=O) groups is 1. The quantitative estimate of drug-likeness (QED) is 0.477. The summed E-state index contributed by atoms with van der Waals surface area (Å²) in [6, 6.07) is 0.0920. The minimum atomic E-state index is -0.315. The van der Waals surface area contributed by atoms with Crippen LogP contribution in [0.3, 0.4) is 0 Å². The predicted octanol–water partition coefficient (Wildman–Crippen LogP) is -0.778. The number of primary amides is 1. The molecule has 66 valence electrons. The minimum Gasteiger partial charge on any atom is -0.395 e. The maximum atomic E-state index is 10.3. The molecule has 1 atom stereocenters. The van der Waals surface area contributed by atoms with Crippen LogP contribution in [0.4, 0.5) is 0 Å². The van der Waals surface area contributed by atoms with E-state index in [4.69, 9.17) is 10.8 Å². The molecule has 0 aromatic rings. The molecule has 11 heavy (non-hydrogen) atoms. The second-order valence-electron chi connectivity index (χ2n) is 2.46. The maximum Gasteiger partial charge on any atom is 0.218 e. The largest absolute Gasteiger partial charge is 0.395 e. The summed E-state index contributed by atoms with van der Waals surface area (Å²) in [5.74, 6) is -0.315. The number of hydrogen-bond donors (Lipinski definition) is 3. The van der Waals surface area contributed by atoms with Crippen LogP contribution in [0.2, 0.25) is 0 Å². The lowest BCUT2D eigenvalue weighted by atomic mass is 10.2. The summed E-state index contributed by atoms with van der Waals surface area (Å²) in [4.78, 5) is 10.3. The number of nitrogens with two attached hydrogens (primary N) is 1. The molecule has 0 aromatic heterocycles. The van der Waals surface area contributed by atoms with E-state index in [-0.39, 0.29) is 18.6 Å². The standard InChI is InChI=1S/C7H16N2O2/c1-2-6(5-10)9-4-3-7(8)11/h6,9-10H,2-5H2,1H3,(H2,8,11). The topological polar surface area (TPSA) is 75.3 Å². The molecule has 0 heterocycles. The zero-order valence-electron chi connectivity index (χ0n) is 6.84. The molecule has 0 bridgehead atoms. The van der Waals surface area contributed by atoms with Gasteiger partial charge in [-0.05, 0) is 6.42 Å². The van der Waals surface area contributed by atoms with Crippen molar-refractivity contribution in [2.75, 3.05) is 13.2 Å². The van der Waals surface area contributed by atoms with Crippen molar-refractivity contribution in [3.8, 4) is 0 Å². The molecule has 0 saturated heterocycles. The van der Waals surface area contributed by atoms with Gasteiger partial charge in [-0.2, -0.15) is 0 Å². The third-order valence-corrected chi connectivity index (χ3v) is 1.52. The number of nitrogens with one attached hydrogen (secondary N) is 1. The molecule has 4 N–H and O–H groups in total. The molecular weight excluding hydrogens is 144 g/mol. The summed E-state index contributed by atoms with van der Waals surface area (Å²) in [6.07, 6.45) is 1.19. The molecule has 4 nitrogen and oxygen atoms in total. The van der Waals surface area contributed by atoms with Crippen molar-refractivity contribution in [1.29, 1.82) is 0 Å². The summed E-state index contributed by atoms with van der Waals surface area (Å²) < 4.78 is 0. The average Bonchev–Trinajstić information content (AvgIpc) is 1.98. The normalized spacial score (nSPS) is 12.9. The van der Waals surface area contributed by atoms with E-state index in [1.165, 1.54) is 0 Å². The minimum absolute atomic E-state index is 0.0920. The summed E-state index contributed by atoms with van der Waals surface area (Å²) >= 11 is 0. The first-order valence-electron chi connectivity index (χ1n) is 3.83. The molecule has 0 aliphatic rings. The van der Waals surface area contributed by atoms with Crippen LogP contribution >= 0.6 is 0 Å². The first-order valence-corrected chi connectivity index (χ1v) is 3.83. The van der Waals surface area contributed by atoms with Crippen LogP contribution in [-0.2, 0) is 4.79 Å². The molecule has 0 saturated carbocycles. The van der Waals surface area contributed by atoms with Crippen molar-refractivity contribution < 1.29 is 9.90 Å². The highest BCUT2D eigenvalue weighted by Crippen LogP contribution is 1.88. The van der Waals surface area contributed by atoms with Crippen LogP contribution in [0, 0.1) is 0 Å². The monoisotopic (exact) mass is 160 g/mol. The number of carbonyl (C=O) groups excluding carboxylic acids is 1. The summed E-state index contributed by atoms with van der Waals surface area (Å²) in [5.41, 5.74) is 4.92. The Kier molecular flexibility index (Phi) is 5.78. The van der Waals surface area contributed by atoms with E-state index < -0.39 is 0 Å². The van der Waals surface area contributed by atoms with Gasteiger partial charge in [0.05, 0.1) is 6.61 Å². The van der Waals surface area contributed by atoms with E-state index in [1.54, 1.807) is 0 Å². The first-order chi connectivity index (χ1) is 5.20. The van der Waals surface area contributed by atoms with Gasteiger partial charge >= 0.3 is 0 Å². The zero-order chi connectivity index (χ0) is 8.69. The Bertz CT molecular complexity index is 113. The summed E-state index contributed by atoms with van der Waals surface area (Å²) in [6.45, 7) is 2.63. The molecule has 1 unspecified atom stereocenters. The SMILES string of the molecule is CCC(CO)NCCC(N)=O. The molecular formula is C7H16N2O2. The van der Waals surface area contributed by atoms with Gasteiger partial charge in [-0.3, -0.25) is 4.79 Å². The van der Waals surface area contributed by atoms with Crippen molar-refractivity contribution in [1.82, 2.24) is 5.32 Å². The van der Waals surface area contributed by atoms with Gasteiger partial charge in [-0.1, -0.05) is 6.92 Å². The summed E-state index contributed by atoms with van der Waals surface area (Å²) in [5, 5.41) is 11.7. The van der Waals surface area contributed by atoms with Gasteiger partial charge in [-0.15, -0.1) is 0 Å². The lowest BCUT2D eigenvalue weighted by Crippen LogP contribution is -2.34. The van der Waals surface area contributed by atoms with Crippen molar-refractivity contribution in [3.63, 3.8) is 0 Å². The van der Waals surface area contributed by atoms with E-state index >= 15 is 0 Å². The van der Waals surface area contributed by atoms with Gasteiger partial charge in [0, 0.05) is 19.0 Å². The maximum absolute atomic E-state index is 10.3. The fourth-order valence-corrected chi connectivity index (χ4v) is 0.737. The van der Waals surface area contributed by atoms with Crippen molar-refractivity contribution >= 4 is 5.91 Å². The van der Waals surface area contributed by atoms with Gasteiger partial charge in [0.1, 0.15) is 0 Å². The third-order valence-electron chi connectivity index (χ3n) is 1.52. The van der Waals surface area contributed by atoms with E-state index in [0.29, 0.717) is 13.0 Å². The highest BCUT2D eigenvalue weighted by molar-refractivity contribution is 5.73. The number of rotatable bonds is 6. The van der Waals surface area contributed by atoms with E-state index in [0.717, 1.165) is 6.42 Å². The van der Waals surface area contributed by atoms with Crippen LogP contribution in [-0.4, -0.2) is 30.2 Å². The lowest BCUT2D eigenvalue weighted by Gasteiger charge is -2.12. The molecule has 4 heteroatoms. The van der Waals surface area contributed by atoms with Gasteiger partial charge in [-0.25, -0.2) is 0 Å². The summed E-state index contributed by atoms with van der Waals surface area (Å²) in [7, 11) is 0. The number of aliphatic hydroxyl groups is 1. The van der Waals surface area contributed by atoms with Gasteiger partial charge < -0.3 is 16.2 Å². The van der Waals surface area contributed by atoms with Gasteiger partial charge in [0.15, 0.2) is 0 Å². The molecule has 0 fully saturated rings. The smallest absolute Gasteiger partial charge is 0.218 e. The molecule has 1 amide bonds. The number of aliphatic hydroxyl groups excluding tert-OH is 1. The number of amides is 1. The fraction of sp³-hybridized carbons (Fsp3) is 0.857. The van der Waals surface area contributed by atoms with Crippen LogP contribution < -0.4 is 11.1 Å². The molecule has 0 aromatic carbocycles. The second-order valence-corrected chi connectivity index (χ2v) is 2.46. The van der Waals surface area contributed by atoms with E-state index in [9.17, 15) is 4.79 Å². The highest BCUT2D eigenvalue weighted by Gasteiger charge is 2.02. The Morgan fingerprint density at radius 1 is 1.73 bits per heavy atom. The molecule has 0 aliphatic carbocycles. The fourth-order valence-electron chi connectivity index (χ4n) is 0.737. The third kappa shape index (κ3) is 5.82. The molecule has 0 spiro atoms. The Morgan fingerprint density at radius 2 is 2.36 bits per heavy atom. The average molecular weight is 160 g/mol. The predicted molar refractivity (Wildman–Crippen MR) is 43.0 cm³/mol. The first kappa shape index (κ1) is 10.4. The van der Waals surface area contributed by atoms with Gasteiger partial charge in [0.25, 0.3) is 0 Å². The highest BCUT2D eigenvalue weighted by atomic mass is 16.3. The van der Waals surface area contributed by atoms with Crippen LogP contribution in [0.25, 0.3) is 0 Å². The number of hydrogen-bond acceptors (Lipinski definition) is 3. The molecule has 0 aliphatic heterocycles. The van der Waals surface area contributed by atoms with E-state index in [1.807, 2.05) is 6.92 Å². The molecule has 0 radical (unpaired) electrons. The van der Waals surface area contributed by atoms with Crippen molar-refractivity contribution in [2.24, 2.45) is 5.73 Å². The Balaban J connectivity index is 3.28.